The van der Waals surface area contributed by atoms with Crippen molar-refractivity contribution in [1.82, 2.24) is 0 Å². The second-order valence-corrected chi connectivity index (χ2v) is 4.33. The first kappa shape index (κ1) is 10.5. The summed E-state index contributed by atoms with van der Waals surface area (Å²) in [5.41, 5.74) is 0.802. The maximum absolute atomic E-state index is 11.2. The predicted molar refractivity (Wildman–Crippen MR) is 57.5 cm³/mol. The molecule has 0 saturated heterocycles. The lowest BCUT2D eigenvalue weighted by molar-refractivity contribution is -0.116. The summed E-state index contributed by atoms with van der Waals surface area (Å²) in [5.74, 6) is 0.0660. The molecule has 0 fully saturated rings. The molecule has 1 N–H and O–H groups in total. The van der Waals surface area contributed by atoms with Crippen LogP contribution in [0.2, 0.25) is 4.34 Å². The first-order valence-electron chi connectivity index (χ1n) is 4.26. The van der Waals surface area contributed by atoms with Gasteiger partial charge in [0.15, 0.2) is 0 Å². The van der Waals surface area contributed by atoms with Gasteiger partial charge >= 0.3 is 0 Å². The minimum atomic E-state index is 0.0660. The lowest BCUT2D eigenvalue weighted by atomic mass is 10.2. The van der Waals surface area contributed by atoms with Crippen molar-refractivity contribution < 1.29 is 4.79 Å². The van der Waals surface area contributed by atoms with Crippen LogP contribution in [0.4, 0.5) is 5.69 Å². The van der Waals surface area contributed by atoms with Crippen molar-refractivity contribution in [2.75, 3.05) is 5.32 Å². The molecule has 1 aromatic rings. The molecule has 0 saturated carbocycles. The SMILES string of the molecule is CCCCC(=O)Nc1csc(Cl)c1. The Labute approximate surface area is 86.9 Å². The van der Waals surface area contributed by atoms with Crippen LogP contribution in [0, 0.1) is 0 Å². The van der Waals surface area contributed by atoms with Crippen LogP contribution in [-0.4, -0.2) is 5.91 Å². The van der Waals surface area contributed by atoms with Gasteiger partial charge in [-0.3, -0.25) is 4.79 Å². The Balaban J connectivity index is 2.36. The molecule has 2 nitrogen and oxygen atoms in total. The van der Waals surface area contributed by atoms with Gasteiger partial charge in [-0.2, -0.15) is 0 Å². The van der Waals surface area contributed by atoms with Gasteiger partial charge in [0.2, 0.25) is 5.91 Å². The number of anilines is 1. The number of unbranched alkanes of at least 4 members (excludes halogenated alkanes) is 1. The highest BCUT2D eigenvalue weighted by molar-refractivity contribution is 7.14. The number of rotatable bonds is 4. The van der Waals surface area contributed by atoms with E-state index in [1.165, 1.54) is 11.3 Å². The minimum absolute atomic E-state index is 0.0660. The van der Waals surface area contributed by atoms with Gasteiger partial charge in [0.25, 0.3) is 0 Å². The molecule has 0 aliphatic carbocycles. The Morgan fingerprint density at radius 1 is 1.69 bits per heavy atom. The summed E-state index contributed by atoms with van der Waals surface area (Å²) in [7, 11) is 0. The summed E-state index contributed by atoms with van der Waals surface area (Å²) in [6.07, 6.45) is 2.56. The third-order valence-electron chi connectivity index (χ3n) is 1.61. The topological polar surface area (TPSA) is 29.1 Å². The Morgan fingerprint density at radius 3 is 3.00 bits per heavy atom. The van der Waals surface area contributed by atoms with E-state index in [4.69, 9.17) is 11.6 Å². The van der Waals surface area contributed by atoms with Crippen LogP contribution in [0.1, 0.15) is 26.2 Å². The normalized spacial score (nSPS) is 10.0. The maximum atomic E-state index is 11.2. The molecule has 0 unspecified atom stereocenters. The number of halogens is 1. The highest BCUT2D eigenvalue weighted by Crippen LogP contribution is 2.23. The molecule has 1 heterocycles. The number of carbonyl (C=O) groups is 1. The van der Waals surface area contributed by atoms with Crippen molar-refractivity contribution in [3.05, 3.63) is 15.8 Å². The van der Waals surface area contributed by atoms with Crippen LogP contribution >= 0.6 is 22.9 Å². The molecule has 1 rings (SSSR count). The van der Waals surface area contributed by atoms with Gasteiger partial charge in [-0.25, -0.2) is 0 Å². The molecule has 13 heavy (non-hydrogen) atoms. The summed E-state index contributed by atoms with van der Waals surface area (Å²) in [4.78, 5) is 11.2. The molecule has 0 aliphatic rings. The van der Waals surface area contributed by atoms with Gasteiger partial charge in [-0.15, -0.1) is 11.3 Å². The van der Waals surface area contributed by atoms with Crippen LogP contribution in [-0.2, 0) is 4.79 Å². The van der Waals surface area contributed by atoms with E-state index in [2.05, 4.69) is 12.2 Å². The summed E-state index contributed by atoms with van der Waals surface area (Å²) in [5, 5.41) is 4.62. The van der Waals surface area contributed by atoms with Crippen molar-refractivity contribution in [2.24, 2.45) is 0 Å². The largest absolute Gasteiger partial charge is 0.325 e. The Bertz CT molecular complexity index is 285. The molecule has 72 valence electrons. The molecule has 0 bridgehead atoms. The maximum Gasteiger partial charge on any atom is 0.224 e. The quantitative estimate of drug-likeness (QED) is 0.822. The monoisotopic (exact) mass is 217 g/mol. The zero-order valence-corrected chi connectivity index (χ0v) is 9.04. The molecular formula is C9H12ClNOS. The van der Waals surface area contributed by atoms with E-state index in [0.29, 0.717) is 10.8 Å². The fraction of sp³-hybridized carbons (Fsp3) is 0.444. The Morgan fingerprint density at radius 2 is 2.46 bits per heavy atom. The van der Waals surface area contributed by atoms with E-state index in [-0.39, 0.29) is 5.91 Å². The second-order valence-electron chi connectivity index (χ2n) is 2.79. The van der Waals surface area contributed by atoms with Crippen molar-refractivity contribution in [2.45, 2.75) is 26.2 Å². The second kappa shape index (κ2) is 5.25. The Kier molecular flexibility index (Phi) is 4.25. The van der Waals surface area contributed by atoms with Crippen LogP contribution < -0.4 is 5.32 Å². The average Bonchev–Trinajstić information content (AvgIpc) is 2.48. The molecule has 0 aliphatic heterocycles. The van der Waals surface area contributed by atoms with Crippen molar-refractivity contribution in [3.63, 3.8) is 0 Å². The Hall–Kier alpha value is -0.540. The minimum Gasteiger partial charge on any atom is -0.325 e. The van der Waals surface area contributed by atoms with Crippen LogP contribution in [0.5, 0.6) is 0 Å². The smallest absolute Gasteiger partial charge is 0.224 e. The first-order valence-corrected chi connectivity index (χ1v) is 5.52. The number of amides is 1. The van der Waals surface area contributed by atoms with Gasteiger partial charge in [0, 0.05) is 11.8 Å². The van der Waals surface area contributed by atoms with Gasteiger partial charge in [-0.05, 0) is 12.5 Å². The third-order valence-corrected chi connectivity index (χ3v) is 2.70. The van der Waals surface area contributed by atoms with E-state index >= 15 is 0 Å². The summed E-state index contributed by atoms with van der Waals surface area (Å²) >= 11 is 7.14. The molecule has 1 amide bonds. The zero-order valence-electron chi connectivity index (χ0n) is 7.47. The van der Waals surface area contributed by atoms with Crippen LogP contribution in [0.25, 0.3) is 0 Å². The molecule has 1 aromatic heterocycles. The summed E-state index contributed by atoms with van der Waals surface area (Å²) in [6.45, 7) is 2.06. The van der Waals surface area contributed by atoms with Crippen LogP contribution in [0.3, 0.4) is 0 Å². The van der Waals surface area contributed by atoms with Crippen molar-refractivity contribution in [1.29, 1.82) is 0 Å². The van der Waals surface area contributed by atoms with E-state index < -0.39 is 0 Å². The number of hydrogen-bond donors (Lipinski definition) is 1. The fourth-order valence-electron chi connectivity index (χ4n) is 0.936. The van der Waals surface area contributed by atoms with Gasteiger partial charge in [0.1, 0.15) is 0 Å². The molecule has 0 spiro atoms. The number of hydrogen-bond acceptors (Lipinski definition) is 2. The molecular weight excluding hydrogens is 206 g/mol. The number of thiophene rings is 1. The van der Waals surface area contributed by atoms with Gasteiger partial charge < -0.3 is 5.32 Å². The number of carbonyl (C=O) groups excluding carboxylic acids is 1. The standard InChI is InChI=1S/C9H12ClNOS/c1-2-3-4-9(12)11-7-5-8(10)13-6-7/h5-6H,2-4H2,1H3,(H,11,12). The van der Waals surface area contributed by atoms with E-state index in [1.807, 2.05) is 5.38 Å². The van der Waals surface area contributed by atoms with Gasteiger partial charge in [0.05, 0.1) is 10.0 Å². The molecule has 4 heteroatoms. The van der Waals surface area contributed by atoms with Gasteiger partial charge in [-0.1, -0.05) is 24.9 Å². The van der Waals surface area contributed by atoms with Crippen molar-refractivity contribution in [3.8, 4) is 0 Å². The first-order chi connectivity index (χ1) is 6.22. The van der Waals surface area contributed by atoms with E-state index in [0.717, 1.165) is 18.5 Å². The highest BCUT2D eigenvalue weighted by atomic mass is 35.5. The lowest BCUT2D eigenvalue weighted by Gasteiger charge is -2.00. The molecule has 0 radical (unpaired) electrons. The fourth-order valence-corrected chi connectivity index (χ4v) is 1.75. The summed E-state index contributed by atoms with van der Waals surface area (Å²) in [6, 6.07) is 1.76. The average molecular weight is 218 g/mol. The van der Waals surface area contributed by atoms with E-state index in [9.17, 15) is 4.79 Å². The van der Waals surface area contributed by atoms with Crippen molar-refractivity contribution >= 4 is 34.5 Å². The van der Waals surface area contributed by atoms with E-state index in [1.54, 1.807) is 6.07 Å². The predicted octanol–water partition coefficient (Wildman–Crippen LogP) is 3.53. The highest BCUT2D eigenvalue weighted by Gasteiger charge is 2.02. The zero-order chi connectivity index (χ0) is 9.68. The molecule has 0 aromatic carbocycles. The molecule has 0 atom stereocenters. The summed E-state index contributed by atoms with van der Waals surface area (Å²) < 4.78 is 0.700. The lowest BCUT2D eigenvalue weighted by Crippen LogP contribution is -2.09. The van der Waals surface area contributed by atoms with Crippen LogP contribution in [0.15, 0.2) is 11.4 Å². The third kappa shape index (κ3) is 3.79. The number of nitrogens with one attached hydrogen (secondary N) is 1.